The zero-order valence-corrected chi connectivity index (χ0v) is 23.5. The maximum absolute atomic E-state index is 13.6. The molecular formula is C26H36ClN5O3S. The molecule has 0 atom stereocenters. The summed E-state index contributed by atoms with van der Waals surface area (Å²) < 4.78 is 0. The number of aryl methyl sites for hydroxylation is 1. The number of urea groups is 1. The van der Waals surface area contributed by atoms with E-state index in [0.717, 1.165) is 17.0 Å². The molecule has 0 aliphatic carbocycles. The van der Waals surface area contributed by atoms with Crippen LogP contribution in [0.15, 0.2) is 24.3 Å². The molecule has 0 radical (unpaired) electrons. The Morgan fingerprint density at radius 1 is 1.14 bits per heavy atom. The second-order valence-corrected chi connectivity index (χ2v) is 11.8. The topological polar surface area (TPSA) is 85.0 Å². The second-order valence-electron chi connectivity index (χ2n) is 10.3. The van der Waals surface area contributed by atoms with Gasteiger partial charge in [-0.25, -0.2) is 4.79 Å². The summed E-state index contributed by atoms with van der Waals surface area (Å²) in [6, 6.07) is 6.80. The molecule has 10 heteroatoms. The van der Waals surface area contributed by atoms with Crippen molar-refractivity contribution in [2.45, 2.75) is 39.5 Å². The third-order valence-electron chi connectivity index (χ3n) is 6.06. The number of rotatable bonds is 6. The first-order valence-electron chi connectivity index (χ1n) is 12.1. The van der Waals surface area contributed by atoms with E-state index in [0.29, 0.717) is 47.5 Å². The highest BCUT2D eigenvalue weighted by Gasteiger charge is 2.29. The molecule has 3 rings (SSSR count). The normalized spacial score (nSPS) is 14.7. The van der Waals surface area contributed by atoms with Gasteiger partial charge in [0.05, 0.1) is 16.3 Å². The lowest BCUT2D eigenvalue weighted by Gasteiger charge is -2.23. The van der Waals surface area contributed by atoms with Crippen molar-refractivity contribution < 1.29 is 14.4 Å². The Bertz CT molecular complexity index is 1130. The molecule has 2 heterocycles. The van der Waals surface area contributed by atoms with Crippen LogP contribution in [0.3, 0.4) is 0 Å². The summed E-state index contributed by atoms with van der Waals surface area (Å²) in [5.41, 5.74) is 1.59. The second kappa shape index (κ2) is 11.6. The van der Waals surface area contributed by atoms with Gasteiger partial charge in [-0.2, -0.15) is 0 Å². The number of carbonyl (C=O) groups is 3. The van der Waals surface area contributed by atoms with E-state index in [2.05, 4.69) is 31.4 Å². The summed E-state index contributed by atoms with van der Waals surface area (Å²) in [5.74, 6) is -0.131. The number of benzene rings is 1. The SMILES string of the molecule is Cc1cccc(NC(=O)Nc2sc(C(C)(C)C)cc2C(=O)N2CCC(=O)N(CCN(C)C)CC2)c1Cl. The van der Waals surface area contributed by atoms with Crippen LogP contribution in [0.2, 0.25) is 5.02 Å². The number of amides is 4. The first-order chi connectivity index (χ1) is 16.9. The van der Waals surface area contributed by atoms with Crippen molar-refractivity contribution in [2.75, 3.05) is 57.5 Å². The number of hydrogen-bond acceptors (Lipinski definition) is 5. The number of hydrogen-bond donors (Lipinski definition) is 2. The molecule has 1 aromatic heterocycles. The van der Waals surface area contributed by atoms with Crippen LogP contribution >= 0.6 is 22.9 Å². The van der Waals surface area contributed by atoms with E-state index < -0.39 is 6.03 Å². The van der Waals surface area contributed by atoms with Crippen LogP contribution in [0.1, 0.15) is 48.0 Å². The average molecular weight is 534 g/mol. The van der Waals surface area contributed by atoms with Gasteiger partial charge >= 0.3 is 6.03 Å². The van der Waals surface area contributed by atoms with Crippen LogP contribution in [0.25, 0.3) is 0 Å². The van der Waals surface area contributed by atoms with E-state index in [4.69, 9.17) is 11.6 Å². The zero-order valence-electron chi connectivity index (χ0n) is 21.9. The third kappa shape index (κ3) is 6.99. The quantitative estimate of drug-likeness (QED) is 0.554. The van der Waals surface area contributed by atoms with Crippen LogP contribution < -0.4 is 10.6 Å². The van der Waals surface area contributed by atoms with Crippen LogP contribution in [-0.4, -0.2) is 79.4 Å². The summed E-state index contributed by atoms with van der Waals surface area (Å²) in [6.45, 7) is 10.8. The number of thiophene rings is 1. The molecule has 4 amide bonds. The average Bonchev–Trinajstić information content (AvgIpc) is 3.12. The maximum Gasteiger partial charge on any atom is 0.324 e. The van der Waals surface area contributed by atoms with Gasteiger partial charge in [0.2, 0.25) is 5.91 Å². The van der Waals surface area contributed by atoms with Gasteiger partial charge < -0.3 is 20.0 Å². The highest BCUT2D eigenvalue weighted by molar-refractivity contribution is 7.16. The minimum absolute atomic E-state index is 0.0561. The smallest absolute Gasteiger partial charge is 0.324 e. The summed E-state index contributed by atoms with van der Waals surface area (Å²) in [6.07, 6.45) is 0.282. The van der Waals surface area contributed by atoms with Crippen LogP contribution in [0, 0.1) is 6.92 Å². The molecule has 1 aromatic carbocycles. The number of nitrogens with zero attached hydrogens (tertiary/aromatic N) is 3. The van der Waals surface area contributed by atoms with Crippen LogP contribution in [-0.2, 0) is 10.2 Å². The standard InChI is InChI=1S/C26H36ClN5O3S/c1-17-8-7-9-19(22(17)27)28-25(35)29-23-18(16-20(36-23)26(2,3)4)24(34)32-11-10-21(33)31(14-15-32)13-12-30(5)6/h7-9,16H,10-15H2,1-6H3,(H2,28,29,35). The Balaban J connectivity index is 1.80. The molecule has 0 bridgehead atoms. The van der Waals surface area contributed by atoms with Gasteiger partial charge in [-0.3, -0.25) is 14.9 Å². The highest BCUT2D eigenvalue weighted by Crippen LogP contribution is 2.37. The number of likely N-dealkylation sites (N-methyl/N-ethyl adjacent to an activating group) is 1. The van der Waals surface area contributed by atoms with Crippen molar-refractivity contribution in [1.82, 2.24) is 14.7 Å². The third-order valence-corrected chi connectivity index (χ3v) is 8.04. The van der Waals surface area contributed by atoms with Gasteiger partial charge in [0, 0.05) is 44.0 Å². The van der Waals surface area contributed by atoms with Gasteiger partial charge in [0.25, 0.3) is 5.91 Å². The summed E-state index contributed by atoms with van der Waals surface area (Å²) >= 11 is 7.72. The van der Waals surface area contributed by atoms with Crippen molar-refractivity contribution in [3.05, 3.63) is 45.3 Å². The summed E-state index contributed by atoms with van der Waals surface area (Å²) in [7, 11) is 3.94. The minimum Gasteiger partial charge on any atom is -0.340 e. The van der Waals surface area contributed by atoms with Crippen molar-refractivity contribution in [2.24, 2.45) is 0 Å². The lowest BCUT2D eigenvalue weighted by Crippen LogP contribution is -2.39. The van der Waals surface area contributed by atoms with Gasteiger partial charge in [0.15, 0.2) is 0 Å². The number of halogens is 1. The van der Waals surface area contributed by atoms with Gasteiger partial charge in [-0.1, -0.05) is 44.5 Å². The van der Waals surface area contributed by atoms with E-state index in [1.807, 2.05) is 49.0 Å². The Kier molecular flexibility index (Phi) is 9.03. The van der Waals surface area contributed by atoms with Gasteiger partial charge in [-0.15, -0.1) is 11.3 Å². The lowest BCUT2D eigenvalue weighted by atomic mass is 9.94. The molecule has 196 valence electrons. The molecule has 8 nitrogen and oxygen atoms in total. The van der Waals surface area contributed by atoms with Crippen LogP contribution in [0.5, 0.6) is 0 Å². The molecule has 1 saturated heterocycles. The minimum atomic E-state index is -0.472. The largest absolute Gasteiger partial charge is 0.340 e. The number of nitrogens with one attached hydrogen (secondary N) is 2. The molecule has 1 fully saturated rings. The molecule has 0 unspecified atom stereocenters. The van der Waals surface area contributed by atoms with E-state index in [1.165, 1.54) is 11.3 Å². The zero-order chi connectivity index (χ0) is 26.6. The Morgan fingerprint density at radius 2 is 1.86 bits per heavy atom. The lowest BCUT2D eigenvalue weighted by molar-refractivity contribution is -0.130. The first kappa shape index (κ1) is 28.0. The molecule has 2 N–H and O–H groups in total. The van der Waals surface area contributed by atoms with Gasteiger partial charge in [-0.05, 0) is 44.1 Å². The van der Waals surface area contributed by atoms with Crippen molar-refractivity contribution in [1.29, 1.82) is 0 Å². The molecule has 0 spiro atoms. The molecule has 1 aliphatic heterocycles. The Morgan fingerprint density at radius 3 is 2.53 bits per heavy atom. The fourth-order valence-corrected chi connectivity index (χ4v) is 5.09. The molecular weight excluding hydrogens is 498 g/mol. The predicted molar refractivity (Wildman–Crippen MR) is 148 cm³/mol. The fraction of sp³-hybridized carbons (Fsp3) is 0.500. The molecule has 2 aromatic rings. The molecule has 1 aliphatic rings. The van der Waals surface area contributed by atoms with Gasteiger partial charge in [0.1, 0.15) is 5.00 Å². The maximum atomic E-state index is 13.6. The Hall–Kier alpha value is -2.62. The van der Waals surface area contributed by atoms with Crippen molar-refractivity contribution >= 4 is 51.5 Å². The van der Waals surface area contributed by atoms with Crippen molar-refractivity contribution in [3.8, 4) is 0 Å². The van der Waals surface area contributed by atoms with E-state index in [1.54, 1.807) is 11.0 Å². The number of carbonyl (C=O) groups excluding carboxylic acids is 3. The first-order valence-corrected chi connectivity index (χ1v) is 13.3. The van der Waals surface area contributed by atoms with E-state index in [9.17, 15) is 14.4 Å². The van der Waals surface area contributed by atoms with E-state index >= 15 is 0 Å². The van der Waals surface area contributed by atoms with Crippen LogP contribution in [0.4, 0.5) is 15.5 Å². The monoisotopic (exact) mass is 533 g/mol. The summed E-state index contributed by atoms with van der Waals surface area (Å²) in [4.78, 5) is 45.6. The van der Waals surface area contributed by atoms with E-state index in [-0.39, 0.29) is 23.7 Å². The number of anilines is 2. The Labute approximate surface area is 222 Å². The predicted octanol–water partition coefficient (Wildman–Crippen LogP) is 4.89. The highest BCUT2D eigenvalue weighted by atomic mass is 35.5. The molecule has 0 saturated carbocycles. The van der Waals surface area contributed by atoms with Crippen molar-refractivity contribution in [3.63, 3.8) is 0 Å². The fourth-order valence-electron chi connectivity index (χ4n) is 3.81. The molecule has 36 heavy (non-hydrogen) atoms. The summed E-state index contributed by atoms with van der Waals surface area (Å²) in [5, 5.41) is 6.59.